The topological polar surface area (TPSA) is 193 Å². The highest BCUT2D eigenvalue weighted by atomic mass is 16.5. The van der Waals surface area contributed by atoms with Gasteiger partial charge in [-0.1, -0.05) is 54.6 Å². The smallest absolute Gasteiger partial charge is 0.306 e. The number of ether oxygens (including phenoxy) is 2. The molecule has 1 unspecified atom stereocenters. The van der Waals surface area contributed by atoms with Crippen molar-refractivity contribution in [2.45, 2.75) is 25.4 Å². The molecule has 1 amide bonds. The molecule has 6 aromatic rings. The van der Waals surface area contributed by atoms with Crippen LogP contribution in [0.1, 0.15) is 19.8 Å². The number of nitrogen functional groups attached to an aromatic ring is 4. The van der Waals surface area contributed by atoms with Gasteiger partial charge in [0.2, 0.25) is 5.91 Å². The Kier molecular flexibility index (Phi) is 11.3. The van der Waals surface area contributed by atoms with Crippen LogP contribution in [-0.4, -0.2) is 31.3 Å². The van der Waals surface area contributed by atoms with Gasteiger partial charge in [0.05, 0.1) is 13.5 Å². The molecule has 0 bridgehead atoms. The van der Waals surface area contributed by atoms with Gasteiger partial charge < -0.3 is 48.4 Å². The summed E-state index contributed by atoms with van der Waals surface area (Å²) < 4.78 is 10.6. The van der Waals surface area contributed by atoms with E-state index in [1.165, 1.54) is 0 Å². The maximum Gasteiger partial charge on any atom is 0.306 e. The van der Waals surface area contributed by atoms with Crippen molar-refractivity contribution in [2.24, 2.45) is 0 Å². The van der Waals surface area contributed by atoms with E-state index in [2.05, 4.69) is 16.0 Å². The summed E-state index contributed by atoms with van der Waals surface area (Å²) in [5, 5.41) is 13.6. The molecule has 0 saturated heterocycles. The third kappa shape index (κ3) is 9.30. The molecular formula is C40H43N7O4. The molecule has 1 heterocycles. The summed E-state index contributed by atoms with van der Waals surface area (Å²) in [6.07, 6.45) is 0.0185. The summed E-state index contributed by atoms with van der Waals surface area (Å²) in [6.45, 7) is 2.00. The minimum atomic E-state index is -0.696. The number of amides is 1. The number of para-hydroxylation sites is 1. The highest BCUT2D eigenvalue weighted by molar-refractivity contribution is 6.10. The predicted molar refractivity (Wildman–Crippen MR) is 209 cm³/mol. The van der Waals surface area contributed by atoms with E-state index in [-0.39, 0.29) is 25.4 Å². The van der Waals surface area contributed by atoms with Crippen molar-refractivity contribution in [3.05, 3.63) is 121 Å². The first kappa shape index (κ1) is 35.7. The van der Waals surface area contributed by atoms with Gasteiger partial charge in [-0.05, 0) is 73.7 Å². The van der Waals surface area contributed by atoms with Crippen molar-refractivity contribution in [1.82, 2.24) is 0 Å². The van der Waals surface area contributed by atoms with Gasteiger partial charge in [-0.15, -0.1) is 0 Å². The van der Waals surface area contributed by atoms with Crippen LogP contribution in [0.25, 0.3) is 21.5 Å². The quantitative estimate of drug-likeness (QED) is 0.0666. The zero-order chi connectivity index (χ0) is 36.4. The van der Waals surface area contributed by atoms with Crippen molar-refractivity contribution in [2.75, 3.05) is 52.6 Å². The summed E-state index contributed by atoms with van der Waals surface area (Å²) in [4.78, 5) is 24.4. The monoisotopic (exact) mass is 685 g/mol. The van der Waals surface area contributed by atoms with Crippen molar-refractivity contribution in [1.29, 1.82) is 0 Å². The van der Waals surface area contributed by atoms with E-state index in [1.54, 1.807) is 31.4 Å². The van der Waals surface area contributed by atoms with E-state index in [0.29, 0.717) is 17.1 Å². The Bertz CT molecular complexity index is 2070. The normalized spacial score (nSPS) is 14.0. The van der Waals surface area contributed by atoms with Gasteiger partial charge in [0.25, 0.3) is 0 Å². The Morgan fingerprint density at radius 1 is 0.647 bits per heavy atom. The number of nitrogens with two attached hydrogens (primary N) is 4. The number of fused-ring (bicyclic) bond motifs is 1. The summed E-state index contributed by atoms with van der Waals surface area (Å²) in [5.74, 6) is -0.00112. The molecular weight excluding hydrogens is 642 g/mol. The van der Waals surface area contributed by atoms with Crippen LogP contribution in [-0.2, 0) is 14.3 Å². The first-order valence-corrected chi connectivity index (χ1v) is 16.4. The molecule has 1 aliphatic heterocycles. The lowest BCUT2D eigenvalue weighted by atomic mass is 9.99. The number of carbonyl (C=O) groups is 2. The summed E-state index contributed by atoms with van der Waals surface area (Å²) in [7, 11) is 1.58. The maximum atomic E-state index is 12.3. The van der Waals surface area contributed by atoms with Crippen LogP contribution in [0.2, 0.25) is 0 Å². The lowest BCUT2D eigenvalue weighted by molar-refractivity contribution is -0.145. The molecule has 1 atom stereocenters. The van der Waals surface area contributed by atoms with Crippen LogP contribution >= 0.6 is 0 Å². The van der Waals surface area contributed by atoms with Gasteiger partial charge in [-0.2, -0.15) is 0 Å². The number of esters is 1. The number of benzene rings is 6. The fourth-order valence-corrected chi connectivity index (χ4v) is 5.54. The van der Waals surface area contributed by atoms with Crippen LogP contribution in [0.15, 0.2) is 121 Å². The summed E-state index contributed by atoms with van der Waals surface area (Å²) >= 11 is 0. The Hall–Kier alpha value is -6.62. The molecule has 0 fully saturated rings. The summed E-state index contributed by atoms with van der Waals surface area (Å²) in [6, 6.07) is 37.6. The van der Waals surface area contributed by atoms with Crippen LogP contribution in [0.4, 0.5) is 39.8 Å². The molecule has 6 aromatic carbocycles. The maximum absolute atomic E-state index is 12.3. The number of methoxy groups -OCH3 is 1. The first-order valence-electron chi connectivity index (χ1n) is 16.4. The molecule has 0 spiro atoms. The molecule has 11 N–H and O–H groups in total. The fourth-order valence-electron chi connectivity index (χ4n) is 5.54. The predicted octanol–water partition coefficient (Wildman–Crippen LogP) is 7.22. The van der Waals surface area contributed by atoms with E-state index >= 15 is 0 Å². The first-order chi connectivity index (χ1) is 24.5. The molecule has 262 valence electrons. The molecule has 1 aliphatic rings. The molecule has 0 aliphatic carbocycles. The van der Waals surface area contributed by atoms with E-state index in [9.17, 15) is 9.59 Å². The average molecular weight is 686 g/mol. The molecule has 0 saturated carbocycles. The van der Waals surface area contributed by atoms with E-state index in [1.807, 2.05) is 104 Å². The average Bonchev–Trinajstić information content (AvgIpc) is 3.14. The number of rotatable bonds is 7. The highest BCUT2D eigenvalue weighted by Crippen LogP contribution is 2.40. The van der Waals surface area contributed by atoms with Crippen molar-refractivity contribution < 1.29 is 19.1 Å². The molecule has 51 heavy (non-hydrogen) atoms. The van der Waals surface area contributed by atoms with Gasteiger partial charge in [-0.3, -0.25) is 9.59 Å². The fraction of sp³-hybridized carbons (Fsp3) is 0.150. The van der Waals surface area contributed by atoms with E-state index in [0.717, 1.165) is 50.0 Å². The van der Waals surface area contributed by atoms with E-state index < -0.39 is 11.6 Å². The molecule has 11 heteroatoms. The molecule has 11 nitrogen and oxygen atoms in total. The number of carbonyl (C=O) groups excluding carboxylic acids is 2. The number of anilines is 7. The van der Waals surface area contributed by atoms with Crippen LogP contribution in [0, 0.1) is 0 Å². The standard InChI is InChI=1S/C24H26N4O4.C10H10N2.C6H7N/c1-24(27-19-5-3-4-17-18(25)10-11-20(28-24)23(17)19)14-32-22(30)13-12-21(29)26-15-6-8-16(31-2)9-7-15;11-9-5-6-10(12)8-4-2-1-3-7(8)9;7-6-4-2-1-3-5-6/h3-11,27-28H,12-14,25H2,1-2H3,(H,26,29);1-6H,11-12H2;1-5H,7H2. The minimum Gasteiger partial charge on any atom is -0.497 e. The zero-order valence-corrected chi connectivity index (χ0v) is 28.6. The van der Waals surface area contributed by atoms with Gasteiger partial charge in [-0.25, -0.2) is 0 Å². The Morgan fingerprint density at radius 2 is 1.20 bits per heavy atom. The molecule has 0 radical (unpaired) electrons. The lowest BCUT2D eigenvalue weighted by Crippen LogP contribution is -2.49. The van der Waals surface area contributed by atoms with Gasteiger partial charge in [0.1, 0.15) is 18.0 Å². The second-order valence-corrected chi connectivity index (χ2v) is 12.2. The largest absolute Gasteiger partial charge is 0.497 e. The van der Waals surface area contributed by atoms with Crippen molar-refractivity contribution in [3.63, 3.8) is 0 Å². The Balaban J connectivity index is 0.000000214. The van der Waals surface area contributed by atoms with Gasteiger partial charge in [0.15, 0.2) is 0 Å². The van der Waals surface area contributed by atoms with Gasteiger partial charge in [0, 0.05) is 67.8 Å². The van der Waals surface area contributed by atoms with Crippen molar-refractivity contribution in [3.8, 4) is 5.75 Å². The SMILES string of the molecule is COc1ccc(NC(=O)CCC(=O)OCC2(C)Nc3cccc4c(N)ccc(c34)N2)cc1.Nc1ccc(N)c2ccccc12.Nc1ccccc1. The Labute approximate surface area is 296 Å². The van der Waals surface area contributed by atoms with E-state index in [4.69, 9.17) is 32.4 Å². The second kappa shape index (κ2) is 16.2. The number of nitrogens with one attached hydrogen (secondary N) is 3. The van der Waals surface area contributed by atoms with Crippen molar-refractivity contribution >= 4 is 73.2 Å². The second-order valence-electron chi connectivity index (χ2n) is 12.2. The van der Waals surface area contributed by atoms with Gasteiger partial charge >= 0.3 is 5.97 Å². The lowest BCUT2D eigenvalue weighted by Gasteiger charge is -2.38. The number of hydrogen-bond donors (Lipinski definition) is 7. The Morgan fingerprint density at radius 3 is 1.78 bits per heavy atom. The zero-order valence-electron chi connectivity index (χ0n) is 28.6. The van der Waals surface area contributed by atoms with Crippen LogP contribution < -0.4 is 43.6 Å². The van der Waals surface area contributed by atoms with Crippen LogP contribution in [0.5, 0.6) is 5.75 Å². The minimum absolute atomic E-state index is 0.0131. The molecule has 7 rings (SSSR count). The number of hydrogen-bond acceptors (Lipinski definition) is 10. The molecule has 0 aromatic heterocycles. The van der Waals surface area contributed by atoms with Crippen LogP contribution in [0.3, 0.4) is 0 Å². The third-order valence-electron chi connectivity index (χ3n) is 8.14. The third-order valence-corrected chi connectivity index (χ3v) is 8.14. The summed E-state index contributed by atoms with van der Waals surface area (Å²) in [5.41, 5.74) is 27.9. The highest BCUT2D eigenvalue weighted by Gasteiger charge is 2.31.